The lowest BCUT2D eigenvalue weighted by molar-refractivity contribution is 0.166. The largest absolute Gasteiger partial charge is 0.379 e. The molecule has 0 atom stereocenters. The van der Waals surface area contributed by atoms with E-state index in [2.05, 4.69) is 9.97 Å². The molecular formula is C8H11ClN2OS. The van der Waals surface area contributed by atoms with Crippen LogP contribution in [-0.2, 0) is 4.74 Å². The summed E-state index contributed by atoms with van der Waals surface area (Å²) in [6.45, 7) is 1.33. The van der Waals surface area contributed by atoms with Crippen LogP contribution in [0.15, 0.2) is 23.6 Å². The van der Waals surface area contributed by atoms with Crippen LogP contribution in [0.4, 0.5) is 0 Å². The van der Waals surface area contributed by atoms with Gasteiger partial charge in [0.05, 0.1) is 18.2 Å². The maximum Gasteiger partial charge on any atom is 0.116 e. The van der Waals surface area contributed by atoms with Gasteiger partial charge in [-0.3, -0.25) is 0 Å². The third-order valence-electron chi connectivity index (χ3n) is 1.25. The molecule has 3 nitrogen and oxygen atoms in total. The lowest BCUT2D eigenvalue weighted by Crippen LogP contribution is -2.00. The van der Waals surface area contributed by atoms with Crippen LogP contribution in [0, 0.1) is 0 Å². The SMILES string of the molecule is ClCCOCCSc1ccncn1. The van der Waals surface area contributed by atoms with E-state index in [1.807, 2.05) is 6.07 Å². The second-order valence-electron chi connectivity index (χ2n) is 2.20. The Bertz CT molecular complexity index is 223. The molecule has 1 aromatic rings. The van der Waals surface area contributed by atoms with Crippen LogP contribution in [0.2, 0.25) is 0 Å². The van der Waals surface area contributed by atoms with Crippen molar-refractivity contribution in [2.45, 2.75) is 5.03 Å². The van der Waals surface area contributed by atoms with Gasteiger partial charge < -0.3 is 4.74 Å². The molecule has 13 heavy (non-hydrogen) atoms. The molecule has 0 aliphatic carbocycles. The van der Waals surface area contributed by atoms with E-state index >= 15 is 0 Å². The van der Waals surface area contributed by atoms with Crippen molar-refractivity contribution in [3.8, 4) is 0 Å². The molecule has 1 heterocycles. The van der Waals surface area contributed by atoms with E-state index in [9.17, 15) is 0 Å². The third kappa shape index (κ3) is 5.08. The Morgan fingerprint density at radius 1 is 1.46 bits per heavy atom. The predicted octanol–water partition coefficient (Wildman–Crippen LogP) is 1.82. The van der Waals surface area contributed by atoms with Gasteiger partial charge in [-0.25, -0.2) is 9.97 Å². The molecule has 0 fully saturated rings. The van der Waals surface area contributed by atoms with E-state index in [0.29, 0.717) is 19.1 Å². The zero-order valence-corrected chi connectivity index (χ0v) is 8.72. The van der Waals surface area contributed by atoms with Crippen molar-refractivity contribution in [1.29, 1.82) is 0 Å². The highest BCUT2D eigenvalue weighted by atomic mass is 35.5. The summed E-state index contributed by atoms with van der Waals surface area (Å²) in [7, 11) is 0. The van der Waals surface area contributed by atoms with Gasteiger partial charge in [-0.05, 0) is 6.07 Å². The van der Waals surface area contributed by atoms with Crippen LogP contribution in [0.1, 0.15) is 0 Å². The van der Waals surface area contributed by atoms with E-state index in [1.54, 1.807) is 24.3 Å². The Hall–Kier alpha value is -0.320. The number of halogens is 1. The fourth-order valence-electron chi connectivity index (χ4n) is 0.726. The standard InChI is InChI=1S/C8H11ClN2OS/c9-2-4-12-5-6-13-8-1-3-10-7-11-8/h1,3,7H,2,4-6H2. The van der Waals surface area contributed by atoms with E-state index in [1.165, 1.54) is 0 Å². The molecular weight excluding hydrogens is 208 g/mol. The second kappa shape index (κ2) is 7.12. The minimum absolute atomic E-state index is 0.554. The second-order valence-corrected chi connectivity index (χ2v) is 3.69. The quantitative estimate of drug-likeness (QED) is 0.316. The zero-order chi connectivity index (χ0) is 9.36. The van der Waals surface area contributed by atoms with Crippen LogP contribution in [0.3, 0.4) is 0 Å². The summed E-state index contributed by atoms with van der Waals surface area (Å²) in [5.74, 6) is 1.45. The number of hydrogen-bond acceptors (Lipinski definition) is 4. The van der Waals surface area contributed by atoms with Crippen LogP contribution in [0.25, 0.3) is 0 Å². The highest BCUT2D eigenvalue weighted by molar-refractivity contribution is 7.99. The van der Waals surface area contributed by atoms with Crippen molar-refractivity contribution >= 4 is 23.4 Å². The number of aromatic nitrogens is 2. The molecule has 0 aromatic carbocycles. The molecule has 0 saturated carbocycles. The summed E-state index contributed by atoms with van der Waals surface area (Å²) in [5.41, 5.74) is 0. The summed E-state index contributed by atoms with van der Waals surface area (Å²) >= 11 is 7.10. The van der Waals surface area contributed by atoms with Crippen molar-refractivity contribution in [2.24, 2.45) is 0 Å². The topological polar surface area (TPSA) is 35.0 Å². The molecule has 0 spiro atoms. The number of nitrogens with zero attached hydrogens (tertiary/aromatic N) is 2. The van der Waals surface area contributed by atoms with Gasteiger partial charge in [-0.15, -0.1) is 23.4 Å². The molecule has 0 radical (unpaired) electrons. The Kier molecular flexibility index (Phi) is 5.89. The average molecular weight is 219 g/mol. The van der Waals surface area contributed by atoms with Gasteiger partial charge in [0.25, 0.3) is 0 Å². The summed E-state index contributed by atoms with van der Waals surface area (Å²) in [4.78, 5) is 7.90. The highest BCUT2D eigenvalue weighted by Crippen LogP contribution is 2.12. The minimum atomic E-state index is 0.554. The number of thioether (sulfide) groups is 1. The van der Waals surface area contributed by atoms with Crippen LogP contribution in [-0.4, -0.2) is 34.8 Å². The van der Waals surface area contributed by atoms with Crippen molar-refractivity contribution in [3.05, 3.63) is 18.6 Å². The molecule has 1 aromatic heterocycles. The molecule has 1 rings (SSSR count). The summed E-state index contributed by atoms with van der Waals surface area (Å²) in [5, 5.41) is 0.976. The van der Waals surface area contributed by atoms with E-state index in [0.717, 1.165) is 10.8 Å². The van der Waals surface area contributed by atoms with Crippen LogP contribution < -0.4 is 0 Å². The molecule has 0 aliphatic rings. The van der Waals surface area contributed by atoms with E-state index in [-0.39, 0.29) is 0 Å². The maximum atomic E-state index is 5.45. The monoisotopic (exact) mass is 218 g/mol. The van der Waals surface area contributed by atoms with Gasteiger partial charge in [-0.2, -0.15) is 0 Å². The molecule has 0 N–H and O–H groups in total. The van der Waals surface area contributed by atoms with Crippen molar-refractivity contribution in [2.75, 3.05) is 24.8 Å². The van der Waals surface area contributed by atoms with Crippen molar-refractivity contribution in [3.63, 3.8) is 0 Å². The average Bonchev–Trinajstić information content (AvgIpc) is 2.19. The maximum absolute atomic E-state index is 5.45. The molecule has 0 bridgehead atoms. The molecule has 72 valence electrons. The van der Waals surface area contributed by atoms with Gasteiger partial charge in [0, 0.05) is 17.8 Å². The van der Waals surface area contributed by atoms with Crippen LogP contribution >= 0.6 is 23.4 Å². The molecule has 0 amide bonds. The summed E-state index contributed by atoms with van der Waals surface area (Å²) in [6, 6.07) is 1.88. The zero-order valence-electron chi connectivity index (χ0n) is 7.15. The predicted molar refractivity (Wildman–Crippen MR) is 54.3 cm³/mol. The third-order valence-corrected chi connectivity index (χ3v) is 2.32. The highest BCUT2D eigenvalue weighted by Gasteiger charge is 1.93. The Balaban J connectivity index is 2.07. The van der Waals surface area contributed by atoms with Crippen LogP contribution in [0.5, 0.6) is 0 Å². The smallest absolute Gasteiger partial charge is 0.116 e. The minimum Gasteiger partial charge on any atom is -0.379 e. The fraction of sp³-hybridized carbons (Fsp3) is 0.500. The normalized spacial score (nSPS) is 10.2. The molecule has 0 saturated heterocycles. The van der Waals surface area contributed by atoms with Gasteiger partial charge in [0.1, 0.15) is 6.33 Å². The van der Waals surface area contributed by atoms with Gasteiger partial charge >= 0.3 is 0 Å². The summed E-state index contributed by atoms with van der Waals surface area (Å²) < 4.78 is 5.21. The van der Waals surface area contributed by atoms with Crippen molar-refractivity contribution < 1.29 is 4.74 Å². The number of ether oxygens (including phenoxy) is 1. The Morgan fingerprint density at radius 3 is 3.08 bits per heavy atom. The van der Waals surface area contributed by atoms with Crippen molar-refractivity contribution in [1.82, 2.24) is 9.97 Å². The van der Waals surface area contributed by atoms with Gasteiger partial charge in [0.15, 0.2) is 0 Å². The first-order chi connectivity index (χ1) is 6.43. The number of alkyl halides is 1. The first kappa shape index (κ1) is 10.8. The summed E-state index contributed by atoms with van der Waals surface area (Å²) in [6.07, 6.45) is 3.27. The molecule has 5 heteroatoms. The lowest BCUT2D eigenvalue weighted by Gasteiger charge is -2.00. The first-order valence-corrected chi connectivity index (χ1v) is 5.48. The molecule has 0 aliphatic heterocycles. The Morgan fingerprint density at radius 2 is 2.38 bits per heavy atom. The Labute approximate surface area is 86.9 Å². The number of hydrogen-bond donors (Lipinski definition) is 0. The first-order valence-electron chi connectivity index (χ1n) is 3.96. The van der Waals surface area contributed by atoms with E-state index in [4.69, 9.17) is 16.3 Å². The van der Waals surface area contributed by atoms with Gasteiger partial charge in [0.2, 0.25) is 0 Å². The van der Waals surface area contributed by atoms with Gasteiger partial charge in [-0.1, -0.05) is 0 Å². The lowest BCUT2D eigenvalue weighted by atomic mass is 10.7. The molecule has 0 unspecified atom stereocenters. The fourth-order valence-corrected chi connectivity index (χ4v) is 1.52. The van der Waals surface area contributed by atoms with E-state index < -0.39 is 0 Å². The number of rotatable bonds is 6.